The zero-order chi connectivity index (χ0) is 17.6. The molecule has 132 valence electrons. The molecule has 0 spiro atoms. The molecule has 6 nitrogen and oxygen atoms in total. The predicted octanol–water partition coefficient (Wildman–Crippen LogP) is 1.90. The first-order chi connectivity index (χ1) is 12.1. The first-order valence-electron chi connectivity index (χ1n) is 8.63. The maximum absolute atomic E-state index is 12.8. The van der Waals surface area contributed by atoms with E-state index in [1.165, 1.54) is 0 Å². The van der Waals surface area contributed by atoms with Gasteiger partial charge in [0.25, 0.3) is 5.91 Å². The first-order valence-corrected chi connectivity index (χ1v) is 8.63. The van der Waals surface area contributed by atoms with Gasteiger partial charge < -0.3 is 10.1 Å². The van der Waals surface area contributed by atoms with Crippen LogP contribution in [0.2, 0.25) is 0 Å². The van der Waals surface area contributed by atoms with Gasteiger partial charge in [0.15, 0.2) is 0 Å². The van der Waals surface area contributed by atoms with E-state index in [1.54, 1.807) is 6.20 Å². The summed E-state index contributed by atoms with van der Waals surface area (Å²) in [4.78, 5) is 23.8. The minimum atomic E-state index is -0.139. The van der Waals surface area contributed by atoms with Gasteiger partial charge in [-0.05, 0) is 13.8 Å². The van der Waals surface area contributed by atoms with Crippen LogP contribution in [-0.4, -0.2) is 59.7 Å². The number of hydrogen-bond acceptors (Lipinski definition) is 5. The average molecular weight is 340 g/mol. The van der Waals surface area contributed by atoms with Crippen LogP contribution >= 0.6 is 0 Å². The summed E-state index contributed by atoms with van der Waals surface area (Å²) in [6.45, 7) is 7.98. The molecule has 25 heavy (non-hydrogen) atoms. The minimum absolute atomic E-state index is 0.0375. The van der Waals surface area contributed by atoms with E-state index in [1.807, 2.05) is 44.2 Å². The summed E-state index contributed by atoms with van der Waals surface area (Å²) in [6.07, 6.45) is 1.61. The number of aryl methyl sites for hydroxylation is 1. The van der Waals surface area contributed by atoms with E-state index in [2.05, 4.69) is 20.2 Å². The van der Waals surface area contributed by atoms with Crippen molar-refractivity contribution in [3.8, 4) is 11.3 Å². The Balaban J connectivity index is 1.73. The highest BCUT2D eigenvalue weighted by Gasteiger charge is 2.19. The topological polar surface area (TPSA) is 67.4 Å². The first kappa shape index (κ1) is 17.5. The van der Waals surface area contributed by atoms with Crippen LogP contribution in [0, 0.1) is 6.92 Å². The number of amides is 1. The van der Waals surface area contributed by atoms with Crippen molar-refractivity contribution in [1.82, 2.24) is 20.2 Å². The van der Waals surface area contributed by atoms with Crippen LogP contribution in [0.15, 0.2) is 36.5 Å². The molecule has 2 heterocycles. The standard InChI is InChI=1S/C19H24N4O2/c1-14(13-23-8-10-25-11-9-23)21-19(24)17-12-20-15(2)22-18(17)16-6-4-3-5-7-16/h3-7,12,14H,8-11,13H2,1-2H3,(H,21,24)/t14-/m1/s1. The lowest BCUT2D eigenvalue weighted by atomic mass is 10.1. The molecule has 0 aliphatic carbocycles. The van der Waals surface area contributed by atoms with E-state index in [9.17, 15) is 4.79 Å². The summed E-state index contributed by atoms with van der Waals surface area (Å²) < 4.78 is 5.36. The van der Waals surface area contributed by atoms with E-state index in [-0.39, 0.29) is 11.9 Å². The quantitative estimate of drug-likeness (QED) is 0.900. The second-order valence-corrected chi connectivity index (χ2v) is 6.33. The fourth-order valence-electron chi connectivity index (χ4n) is 2.97. The van der Waals surface area contributed by atoms with Crippen molar-refractivity contribution in [2.75, 3.05) is 32.8 Å². The van der Waals surface area contributed by atoms with Gasteiger partial charge in [-0.15, -0.1) is 0 Å². The third kappa shape index (κ3) is 4.61. The Morgan fingerprint density at radius 2 is 2.00 bits per heavy atom. The maximum atomic E-state index is 12.8. The van der Waals surface area contributed by atoms with Crippen LogP contribution in [-0.2, 0) is 4.74 Å². The lowest BCUT2D eigenvalue weighted by Crippen LogP contribution is -2.46. The van der Waals surface area contributed by atoms with Crippen LogP contribution in [0.5, 0.6) is 0 Å². The Labute approximate surface area is 148 Å². The number of nitrogens with one attached hydrogen (secondary N) is 1. The summed E-state index contributed by atoms with van der Waals surface area (Å²) in [5.74, 6) is 0.511. The summed E-state index contributed by atoms with van der Waals surface area (Å²) in [5, 5.41) is 3.07. The normalized spacial score (nSPS) is 16.4. The van der Waals surface area contributed by atoms with Gasteiger partial charge in [-0.3, -0.25) is 9.69 Å². The number of aromatic nitrogens is 2. The van der Waals surface area contributed by atoms with Gasteiger partial charge in [0.05, 0.1) is 24.5 Å². The summed E-state index contributed by atoms with van der Waals surface area (Å²) in [7, 11) is 0. The molecule has 2 aromatic rings. The van der Waals surface area contributed by atoms with Crippen LogP contribution in [0.4, 0.5) is 0 Å². The molecule has 1 aliphatic rings. The highest BCUT2D eigenvalue weighted by Crippen LogP contribution is 2.21. The van der Waals surface area contributed by atoms with Gasteiger partial charge in [-0.1, -0.05) is 30.3 Å². The fraction of sp³-hybridized carbons (Fsp3) is 0.421. The number of ether oxygens (including phenoxy) is 1. The molecule has 1 aromatic heterocycles. The number of hydrogen-bond donors (Lipinski definition) is 1. The third-order valence-electron chi connectivity index (χ3n) is 4.21. The van der Waals surface area contributed by atoms with Gasteiger partial charge in [-0.2, -0.15) is 0 Å². The minimum Gasteiger partial charge on any atom is -0.379 e. The smallest absolute Gasteiger partial charge is 0.255 e. The second kappa shape index (κ2) is 8.18. The molecule has 1 fully saturated rings. The van der Waals surface area contributed by atoms with Gasteiger partial charge in [-0.25, -0.2) is 9.97 Å². The van der Waals surface area contributed by atoms with Gasteiger partial charge in [0, 0.05) is 37.4 Å². The number of morpholine rings is 1. The zero-order valence-corrected chi connectivity index (χ0v) is 14.7. The molecule has 1 amide bonds. The van der Waals surface area contributed by atoms with Crippen molar-refractivity contribution in [1.29, 1.82) is 0 Å². The monoisotopic (exact) mass is 340 g/mol. The van der Waals surface area contributed by atoms with Crippen molar-refractivity contribution in [2.24, 2.45) is 0 Å². The number of benzene rings is 1. The summed E-state index contributed by atoms with van der Waals surface area (Å²) >= 11 is 0. The lowest BCUT2D eigenvalue weighted by Gasteiger charge is -2.29. The Morgan fingerprint density at radius 3 is 2.72 bits per heavy atom. The molecule has 0 radical (unpaired) electrons. The summed E-state index contributed by atoms with van der Waals surface area (Å²) in [5.41, 5.74) is 2.09. The van der Waals surface area contributed by atoms with Gasteiger partial charge in [0.1, 0.15) is 5.82 Å². The molecule has 0 unspecified atom stereocenters. The number of carbonyl (C=O) groups excluding carboxylic acids is 1. The van der Waals surface area contributed by atoms with E-state index in [0.717, 1.165) is 38.4 Å². The molecular weight excluding hydrogens is 316 g/mol. The molecule has 6 heteroatoms. The molecular formula is C19H24N4O2. The zero-order valence-electron chi connectivity index (χ0n) is 14.7. The summed E-state index contributed by atoms with van der Waals surface area (Å²) in [6, 6.07) is 9.77. The molecule has 1 aliphatic heterocycles. The Bertz CT molecular complexity index is 715. The van der Waals surface area contributed by atoms with Crippen LogP contribution in [0.25, 0.3) is 11.3 Å². The van der Waals surface area contributed by atoms with Crippen LogP contribution in [0.3, 0.4) is 0 Å². The van der Waals surface area contributed by atoms with Crippen LogP contribution in [0.1, 0.15) is 23.1 Å². The number of carbonyl (C=O) groups is 1. The molecule has 1 N–H and O–H groups in total. The average Bonchev–Trinajstić information content (AvgIpc) is 2.63. The molecule has 0 saturated carbocycles. The van der Waals surface area contributed by atoms with Crippen molar-refractivity contribution in [3.05, 3.63) is 47.9 Å². The Morgan fingerprint density at radius 1 is 1.28 bits per heavy atom. The fourth-order valence-corrected chi connectivity index (χ4v) is 2.97. The SMILES string of the molecule is Cc1ncc(C(=O)N[C@H](C)CN2CCOCC2)c(-c2ccccc2)n1. The largest absolute Gasteiger partial charge is 0.379 e. The third-order valence-corrected chi connectivity index (χ3v) is 4.21. The van der Waals surface area contributed by atoms with Crippen molar-refractivity contribution in [2.45, 2.75) is 19.9 Å². The van der Waals surface area contributed by atoms with E-state index < -0.39 is 0 Å². The molecule has 1 aromatic carbocycles. The highest BCUT2D eigenvalue weighted by molar-refractivity contribution is 5.99. The van der Waals surface area contributed by atoms with Gasteiger partial charge in [0.2, 0.25) is 0 Å². The van der Waals surface area contributed by atoms with Crippen molar-refractivity contribution >= 4 is 5.91 Å². The maximum Gasteiger partial charge on any atom is 0.255 e. The number of nitrogens with zero attached hydrogens (tertiary/aromatic N) is 3. The predicted molar refractivity (Wildman–Crippen MR) is 96.4 cm³/mol. The lowest BCUT2D eigenvalue weighted by molar-refractivity contribution is 0.0342. The van der Waals surface area contributed by atoms with Crippen molar-refractivity contribution < 1.29 is 9.53 Å². The molecule has 3 rings (SSSR count). The highest BCUT2D eigenvalue weighted by atomic mass is 16.5. The Kier molecular flexibility index (Phi) is 5.73. The van der Waals surface area contributed by atoms with Crippen LogP contribution < -0.4 is 5.32 Å². The number of rotatable bonds is 5. The second-order valence-electron chi connectivity index (χ2n) is 6.33. The van der Waals surface area contributed by atoms with E-state index in [4.69, 9.17) is 4.74 Å². The van der Waals surface area contributed by atoms with Gasteiger partial charge >= 0.3 is 0 Å². The Hall–Kier alpha value is -2.31. The molecule has 1 saturated heterocycles. The van der Waals surface area contributed by atoms with Crippen molar-refractivity contribution in [3.63, 3.8) is 0 Å². The molecule has 1 atom stereocenters. The molecule has 0 bridgehead atoms. The van der Waals surface area contributed by atoms with E-state index in [0.29, 0.717) is 17.1 Å². The van der Waals surface area contributed by atoms with E-state index >= 15 is 0 Å².